The quantitative estimate of drug-likeness (QED) is 0.317. The Bertz CT molecular complexity index is 740. The van der Waals surface area contributed by atoms with Gasteiger partial charge in [-0.05, 0) is 48.8 Å². The Morgan fingerprint density at radius 1 is 1.16 bits per heavy atom. The van der Waals surface area contributed by atoms with Gasteiger partial charge in [0.15, 0.2) is 7.05 Å². The third kappa shape index (κ3) is 5.38. The summed E-state index contributed by atoms with van der Waals surface area (Å²) in [6.07, 6.45) is 5.63. The average Bonchev–Trinajstić information content (AvgIpc) is 3.01. The van der Waals surface area contributed by atoms with E-state index in [9.17, 15) is 0 Å². The summed E-state index contributed by atoms with van der Waals surface area (Å²) in [7, 11) is 3.35. The van der Waals surface area contributed by atoms with Gasteiger partial charge in [0.05, 0.1) is 0 Å². The number of aryl methyl sites for hydroxylation is 2. The molecule has 1 aromatic carbocycles. The number of rotatable bonds is 8. The van der Waals surface area contributed by atoms with Crippen LogP contribution in [0.1, 0.15) is 29.5 Å². The molecule has 25 heavy (non-hydrogen) atoms. The second-order valence-corrected chi connectivity index (χ2v) is 5.63. The van der Waals surface area contributed by atoms with Gasteiger partial charge in [-0.3, -0.25) is 4.84 Å². The summed E-state index contributed by atoms with van der Waals surface area (Å²) in [6, 6.07) is 5.76. The normalized spacial score (nSPS) is 11.8. The Morgan fingerprint density at radius 2 is 1.88 bits per heavy atom. The van der Waals surface area contributed by atoms with E-state index in [4.69, 9.17) is 18.8 Å². The summed E-state index contributed by atoms with van der Waals surface area (Å²) in [5, 5.41) is 4.00. The highest BCUT2D eigenvalue weighted by Crippen LogP contribution is 2.29. The van der Waals surface area contributed by atoms with Gasteiger partial charge in [0, 0.05) is 6.07 Å². The maximum Gasteiger partial charge on any atom is 0.260 e. The molecule has 0 unspecified atom stereocenters. The largest absolute Gasteiger partial charge is 0.490 e. The van der Waals surface area contributed by atoms with Crippen molar-refractivity contribution >= 4 is 6.21 Å². The van der Waals surface area contributed by atoms with Crippen LogP contribution in [0.5, 0.6) is 11.5 Å². The van der Waals surface area contributed by atoms with Crippen LogP contribution < -0.4 is 9.47 Å². The Balaban J connectivity index is 2.03. The smallest absolute Gasteiger partial charge is 0.260 e. The van der Waals surface area contributed by atoms with Crippen LogP contribution in [0.4, 0.5) is 0 Å². The van der Waals surface area contributed by atoms with E-state index in [-0.39, 0.29) is 0 Å². The zero-order chi connectivity index (χ0) is 18.2. The van der Waals surface area contributed by atoms with Gasteiger partial charge in [0.1, 0.15) is 37.5 Å². The zero-order valence-electron chi connectivity index (χ0n) is 15.4. The van der Waals surface area contributed by atoms with Gasteiger partial charge >= 0.3 is 0 Å². The maximum absolute atomic E-state index is 5.93. The van der Waals surface area contributed by atoms with Crippen molar-refractivity contribution in [2.24, 2.45) is 0 Å². The molecular formula is C19H25N2O4+. The van der Waals surface area contributed by atoms with Crippen molar-refractivity contribution in [3.8, 4) is 11.5 Å². The lowest BCUT2D eigenvalue weighted by atomic mass is 10.1. The summed E-state index contributed by atoms with van der Waals surface area (Å²) in [6.45, 7) is 6.86. The number of allylic oxidation sites excluding steroid dienone is 1. The number of ether oxygens (including phenoxy) is 2. The van der Waals surface area contributed by atoms with Gasteiger partial charge in [-0.2, -0.15) is 0 Å². The molecule has 0 bridgehead atoms. The number of hydroxylamine groups is 1. The highest BCUT2D eigenvalue weighted by molar-refractivity contribution is 5.70. The first-order valence-corrected chi connectivity index (χ1v) is 8.09. The Morgan fingerprint density at radius 3 is 2.52 bits per heavy atom. The zero-order valence-corrected chi connectivity index (χ0v) is 15.4. The van der Waals surface area contributed by atoms with Gasteiger partial charge in [-0.1, -0.05) is 17.3 Å². The topological polar surface area (TPSA) is 56.7 Å². The van der Waals surface area contributed by atoms with Crippen LogP contribution in [0.25, 0.3) is 0 Å². The standard InChI is InChI=1S/C19H25N2O4/c1-6-7-8-23-17-9-14(2)19(15(3)10-17)24-13-16-11-18(25-20-16)12-21(4)22-5/h6-7,9-12H,8,13H2,1-5H3/q+1/b7-6+,21-12?. The molecule has 6 heteroatoms. The van der Waals surface area contributed by atoms with Crippen molar-refractivity contribution in [3.05, 3.63) is 52.9 Å². The summed E-state index contributed by atoms with van der Waals surface area (Å²) in [5.74, 6) is 2.27. The Hall–Kier alpha value is -2.76. The summed E-state index contributed by atoms with van der Waals surface area (Å²) in [5.41, 5.74) is 2.75. The van der Waals surface area contributed by atoms with E-state index in [1.54, 1.807) is 20.4 Å². The molecule has 0 radical (unpaired) electrons. The van der Waals surface area contributed by atoms with Crippen molar-refractivity contribution in [3.63, 3.8) is 0 Å². The summed E-state index contributed by atoms with van der Waals surface area (Å²) >= 11 is 0. The molecule has 0 spiro atoms. The SMILES string of the molecule is C/C=C/COc1cc(C)c(OCc2cc(C=[N+](C)OC)on2)c(C)c1. The first kappa shape index (κ1) is 18.6. The van der Waals surface area contributed by atoms with E-state index in [1.807, 2.05) is 51.1 Å². The van der Waals surface area contributed by atoms with Crippen molar-refractivity contribution < 1.29 is 23.6 Å². The number of hydrogen-bond acceptors (Lipinski definition) is 5. The Kier molecular flexibility index (Phi) is 6.62. The first-order valence-electron chi connectivity index (χ1n) is 8.09. The van der Waals surface area contributed by atoms with Gasteiger partial charge < -0.3 is 14.0 Å². The minimum absolute atomic E-state index is 0.328. The molecule has 0 N–H and O–H groups in total. The predicted molar refractivity (Wildman–Crippen MR) is 95.4 cm³/mol. The fraction of sp³-hybridized carbons (Fsp3) is 0.368. The van der Waals surface area contributed by atoms with Crippen LogP contribution in [-0.2, 0) is 11.4 Å². The monoisotopic (exact) mass is 345 g/mol. The van der Waals surface area contributed by atoms with Crippen molar-refractivity contribution in [2.75, 3.05) is 20.8 Å². The minimum atomic E-state index is 0.328. The highest BCUT2D eigenvalue weighted by atomic mass is 16.6. The molecule has 0 atom stereocenters. The van der Waals surface area contributed by atoms with Crippen LogP contribution in [0.3, 0.4) is 0 Å². The van der Waals surface area contributed by atoms with E-state index in [0.717, 1.165) is 22.6 Å². The molecule has 1 heterocycles. The molecule has 2 rings (SSSR count). The lowest BCUT2D eigenvalue weighted by Gasteiger charge is -2.13. The van der Waals surface area contributed by atoms with Gasteiger partial charge in [0.25, 0.3) is 6.21 Å². The minimum Gasteiger partial charge on any atom is -0.490 e. The molecule has 0 aliphatic heterocycles. The Labute approximate surface area is 148 Å². The number of nitrogens with zero attached hydrogens (tertiary/aromatic N) is 2. The molecule has 0 aliphatic carbocycles. The summed E-state index contributed by atoms with van der Waals surface area (Å²) in [4.78, 5) is 5.01. The first-order chi connectivity index (χ1) is 12.0. The lowest BCUT2D eigenvalue weighted by molar-refractivity contribution is -0.757. The van der Waals surface area contributed by atoms with Crippen LogP contribution in [0, 0.1) is 13.8 Å². The predicted octanol–water partition coefficient (Wildman–Crippen LogP) is 3.45. The lowest BCUT2D eigenvalue weighted by Crippen LogP contribution is -2.04. The molecule has 0 aliphatic rings. The van der Waals surface area contributed by atoms with Crippen LogP contribution in [0.15, 0.2) is 34.9 Å². The fourth-order valence-electron chi connectivity index (χ4n) is 2.30. The number of aromatic nitrogens is 1. The third-order valence-corrected chi connectivity index (χ3v) is 3.55. The van der Waals surface area contributed by atoms with E-state index in [0.29, 0.717) is 24.7 Å². The van der Waals surface area contributed by atoms with Crippen molar-refractivity contribution in [1.29, 1.82) is 0 Å². The van der Waals surface area contributed by atoms with Crippen LogP contribution in [0.2, 0.25) is 0 Å². The van der Waals surface area contributed by atoms with Gasteiger partial charge in [-0.15, -0.1) is 0 Å². The average molecular weight is 345 g/mol. The molecule has 6 nitrogen and oxygen atoms in total. The second kappa shape index (κ2) is 8.92. The molecular weight excluding hydrogens is 320 g/mol. The molecule has 1 aromatic heterocycles. The van der Waals surface area contributed by atoms with Gasteiger partial charge in [0.2, 0.25) is 5.76 Å². The van der Waals surface area contributed by atoms with E-state index in [1.165, 1.54) is 4.74 Å². The van der Waals surface area contributed by atoms with E-state index in [2.05, 4.69) is 5.16 Å². The second-order valence-electron chi connectivity index (χ2n) is 5.63. The van der Waals surface area contributed by atoms with Crippen LogP contribution in [-0.4, -0.2) is 36.9 Å². The molecule has 0 fully saturated rings. The molecule has 134 valence electrons. The number of benzene rings is 1. The van der Waals surface area contributed by atoms with Crippen molar-refractivity contribution in [1.82, 2.24) is 5.16 Å². The van der Waals surface area contributed by atoms with E-state index < -0.39 is 0 Å². The fourth-order valence-corrected chi connectivity index (χ4v) is 2.30. The van der Waals surface area contributed by atoms with E-state index >= 15 is 0 Å². The van der Waals surface area contributed by atoms with Crippen LogP contribution >= 0.6 is 0 Å². The molecule has 2 aromatic rings. The molecule has 0 saturated carbocycles. The molecule has 0 amide bonds. The third-order valence-electron chi connectivity index (χ3n) is 3.55. The number of hydrogen-bond donors (Lipinski definition) is 0. The summed E-state index contributed by atoms with van der Waals surface area (Å²) < 4.78 is 18.4. The molecule has 0 saturated heterocycles. The highest BCUT2D eigenvalue weighted by Gasteiger charge is 2.11. The van der Waals surface area contributed by atoms with Gasteiger partial charge in [-0.25, -0.2) is 0 Å². The maximum atomic E-state index is 5.93. The van der Waals surface area contributed by atoms with Crippen molar-refractivity contribution in [2.45, 2.75) is 27.4 Å².